The quantitative estimate of drug-likeness (QED) is 0.850. The Bertz CT molecular complexity index is 378. The maximum absolute atomic E-state index is 10.7. The lowest BCUT2D eigenvalue weighted by atomic mass is 10.0. The highest BCUT2D eigenvalue weighted by Crippen LogP contribution is 2.21. The molecule has 6 heteroatoms. The maximum atomic E-state index is 10.7. The maximum Gasteiger partial charge on any atom is 0.336 e. The third kappa shape index (κ3) is 2.77. The van der Waals surface area contributed by atoms with Gasteiger partial charge in [-0.2, -0.15) is 0 Å². The van der Waals surface area contributed by atoms with Gasteiger partial charge in [0.15, 0.2) is 0 Å². The van der Waals surface area contributed by atoms with Crippen LogP contribution < -0.4 is 0 Å². The number of carboxylic acid groups (broad SMARTS) is 2. The average molecular weight is 277 g/mol. The van der Waals surface area contributed by atoms with Crippen LogP contribution in [0, 0.1) is 6.92 Å². The number of halogens is 1. The van der Waals surface area contributed by atoms with E-state index in [1.54, 1.807) is 0 Å². The molecule has 1 rings (SSSR count). The second-order valence-electron chi connectivity index (χ2n) is 2.74. The van der Waals surface area contributed by atoms with Gasteiger partial charge in [-0.15, -0.1) is 0 Å². The number of carbonyl (C=O) groups is 2. The molecule has 0 aliphatic heterocycles. The molecule has 0 atom stereocenters. The molecule has 5 nitrogen and oxygen atoms in total. The first-order valence-corrected chi connectivity index (χ1v) is 4.49. The minimum Gasteiger partial charge on any atom is -0.478 e. The Morgan fingerprint density at radius 1 is 1.13 bits per heavy atom. The van der Waals surface area contributed by atoms with Crippen molar-refractivity contribution in [2.24, 2.45) is 0 Å². The lowest BCUT2D eigenvalue weighted by Crippen LogP contribution is -2.07. The van der Waals surface area contributed by atoms with Crippen molar-refractivity contribution in [3.8, 4) is 0 Å². The first kappa shape index (κ1) is 13.6. The summed E-state index contributed by atoms with van der Waals surface area (Å²) in [5, 5.41) is 17.6. The van der Waals surface area contributed by atoms with E-state index in [9.17, 15) is 9.59 Å². The normalized spacial score (nSPS) is 9.20. The highest BCUT2D eigenvalue weighted by molar-refractivity contribution is 9.10. The third-order valence-corrected chi connectivity index (χ3v) is 2.29. The molecule has 0 unspecified atom stereocenters. The summed E-state index contributed by atoms with van der Waals surface area (Å²) >= 11 is 3.06. The van der Waals surface area contributed by atoms with E-state index in [0.29, 0.717) is 4.47 Å². The van der Waals surface area contributed by atoms with Crippen LogP contribution in [0.5, 0.6) is 0 Å². The summed E-state index contributed by atoms with van der Waals surface area (Å²) in [6.07, 6.45) is 0. The van der Waals surface area contributed by atoms with E-state index in [1.165, 1.54) is 19.1 Å². The highest BCUT2D eigenvalue weighted by atomic mass is 79.9. The van der Waals surface area contributed by atoms with Crippen LogP contribution in [0.15, 0.2) is 16.6 Å². The number of aromatic carboxylic acids is 2. The van der Waals surface area contributed by atoms with Crippen LogP contribution in [0.1, 0.15) is 26.3 Å². The third-order valence-electron chi connectivity index (χ3n) is 1.83. The number of benzene rings is 1. The highest BCUT2D eigenvalue weighted by Gasteiger charge is 2.15. The largest absolute Gasteiger partial charge is 0.478 e. The van der Waals surface area contributed by atoms with E-state index in [-0.39, 0.29) is 22.2 Å². The first-order valence-electron chi connectivity index (χ1n) is 3.70. The molecule has 0 saturated carbocycles. The van der Waals surface area contributed by atoms with Gasteiger partial charge in [0.05, 0.1) is 11.1 Å². The van der Waals surface area contributed by atoms with E-state index in [1.807, 2.05) is 0 Å². The Hall–Kier alpha value is -1.40. The van der Waals surface area contributed by atoms with Crippen LogP contribution in [0.25, 0.3) is 0 Å². The zero-order chi connectivity index (χ0) is 10.9. The van der Waals surface area contributed by atoms with Gasteiger partial charge >= 0.3 is 11.9 Å². The molecule has 0 amide bonds. The van der Waals surface area contributed by atoms with E-state index < -0.39 is 11.9 Å². The average Bonchev–Trinajstić information content (AvgIpc) is 2.07. The Balaban J connectivity index is 0.00000196. The molecule has 0 bridgehead atoms. The minimum atomic E-state index is -1.13. The van der Waals surface area contributed by atoms with Crippen LogP contribution in [0.2, 0.25) is 0 Å². The fraction of sp³-hybridized carbons (Fsp3) is 0.111. The lowest BCUT2D eigenvalue weighted by Gasteiger charge is -2.05. The fourth-order valence-electron chi connectivity index (χ4n) is 1.12. The zero-order valence-corrected chi connectivity index (χ0v) is 9.33. The van der Waals surface area contributed by atoms with Crippen LogP contribution in [-0.4, -0.2) is 27.6 Å². The van der Waals surface area contributed by atoms with Gasteiger partial charge < -0.3 is 15.7 Å². The van der Waals surface area contributed by atoms with E-state index >= 15 is 0 Å². The molecule has 0 spiro atoms. The van der Waals surface area contributed by atoms with Gasteiger partial charge in [-0.25, -0.2) is 9.59 Å². The SMILES string of the molecule is Cc1c(C(=O)O)cc(Br)cc1C(=O)O.O. The molecular formula is C9H9BrO5. The summed E-state index contributed by atoms with van der Waals surface area (Å²) in [5.41, 5.74) is 0.252. The van der Waals surface area contributed by atoms with Crippen molar-refractivity contribution in [1.29, 1.82) is 0 Å². The second-order valence-corrected chi connectivity index (χ2v) is 3.65. The topological polar surface area (TPSA) is 106 Å². The van der Waals surface area contributed by atoms with Crippen molar-refractivity contribution in [3.63, 3.8) is 0 Å². The Morgan fingerprint density at radius 3 is 1.73 bits per heavy atom. The number of carboxylic acids is 2. The molecule has 0 fully saturated rings. The Labute approximate surface area is 93.8 Å². The molecule has 0 saturated heterocycles. The molecule has 0 heterocycles. The van der Waals surface area contributed by atoms with Gasteiger partial charge in [0.25, 0.3) is 0 Å². The van der Waals surface area contributed by atoms with E-state index in [4.69, 9.17) is 10.2 Å². The van der Waals surface area contributed by atoms with Crippen LogP contribution in [-0.2, 0) is 0 Å². The number of rotatable bonds is 2. The van der Waals surface area contributed by atoms with Crippen molar-refractivity contribution in [1.82, 2.24) is 0 Å². The van der Waals surface area contributed by atoms with Crippen molar-refractivity contribution >= 4 is 27.9 Å². The summed E-state index contributed by atoms with van der Waals surface area (Å²) in [4.78, 5) is 21.5. The van der Waals surface area contributed by atoms with E-state index in [2.05, 4.69) is 15.9 Å². The van der Waals surface area contributed by atoms with E-state index in [0.717, 1.165) is 0 Å². The fourth-order valence-corrected chi connectivity index (χ4v) is 1.58. The van der Waals surface area contributed by atoms with Gasteiger partial charge in [-0.3, -0.25) is 0 Å². The van der Waals surface area contributed by atoms with Gasteiger partial charge in [0.1, 0.15) is 0 Å². The molecule has 0 aliphatic rings. The van der Waals surface area contributed by atoms with Crippen LogP contribution in [0.4, 0.5) is 0 Å². The molecule has 82 valence electrons. The van der Waals surface area contributed by atoms with Gasteiger partial charge in [-0.05, 0) is 24.6 Å². The van der Waals surface area contributed by atoms with Crippen LogP contribution >= 0.6 is 15.9 Å². The smallest absolute Gasteiger partial charge is 0.336 e. The molecular weight excluding hydrogens is 268 g/mol. The standard InChI is InChI=1S/C9H7BrO4.H2O/c1-4-6(8(11)12)2-5(10)3-7(4)9(13)14;/h2-3H,1H3,(H,11,12)(H,13,14);1H2. The molecule has 1 aromatic carbocycles. The van der Waals surface area contributed by atoms with Gasteiger partial charge in [0, 0.05) is 4.47 Å². The molecule has 4 N–H and O–H groups in total. The lowest BCUT2D eigenvalue weighted by molar-refractivity contribution is 0.0696. The van der Waals surface area contributed by atoms with Crippen molar-refractivity contribution in [2.75, 3.05) is 0 Å². The summed E-state index contributed by atoms with van der Waals surface area (Å²) in [6.45, 7) is 1.47. The number of hydrogen-bond acceptors (Lipinski definition) is 2. The monoisotopic (exact) mass is 276 g/mol. The predicted molar refractivity (Wildman–Crippen MR) is 56.4 cm³/mol. The summed E-state index contributed by atoms with van der Waals surface area (Å²) in [5.74, 6) is -2.27. The molecule has 0 aromatic heterocycles. The molecule has 0 radical (unpaired) electrons. The summed E-state index contributed by atoms with van der Waals surface area (Å²) in [7, 11) is 0. The van der Waals surface area contributed by atoms with Crippen LogP contribution in [0.3, 0.4) is 0 Å². The molecule has 1 aromatic rings. The van der Waals surface area contributed by atoms with Gasteiger partial charge in [0.2, 0.25) is 0 Å². The Morgan fingerprint density at radius 2 is 1.47 bits per heavy atom. The second kappa shape index (κ2) is 4.90. The van der Waals surface area contributed by atoms with Crippen molar-refractivity contribution < 1.29 is 25.3 Å². The Kier molecular flexibility index (Phi) is 4.44. The van der Waals surface area contributed by atoms with Crippen molar-refractivity contribution in [3.05, 3.63) is 33.3 Å². The van der Waals surface area contributed by atoms with Gasteiger partial charge in [-0.1, -0.05) is 15.9 Å². The summed E-state index contributed by atoms with van der Waals surface area (Å²) in [6, 6.07) is 2.76. The van der Waals surface area contributed by atoms with Crippen molar-refractivity contribution in [2.45, 2.75) is 6.92 Å². The summed E-state index contributed by atoms with van der Waals surface area (Å²) < 4.78 is 0.443. The zero-order valence-electron chi connectivity index (χ0n) is 7.74. The number of hydrogen-bond donors (Lipinski definition) is 2. The molecule has 0 aliphatic carbocycles. The molecule has 15 heavy (non-hydrogen) atoms. The first-order chi connectivity index (χ1) is 6.43. The predicted octanol–water partition coefficient (Wildman–Crippen LogP) is 1.33. The minimum absolute atomic E-state index is 0.